The summed E-state index contributed by atoms with van der Waals surface area (Å²) in [6.07, 6.45) is -0.513. The Kier molecular flexibility index (Phi) is 4.15. The highest BCUT2D eigenvalue weighted by Gasteiger charge is 2.15. The highest BCUT2D eigenvalue weighted by Crippen LogP contribution is 2.27. The van der Waals surface area contributed by atoms with Crippen LogP contribution in [0.3, 0.4) is 0 Å². The maximum Gasteiger partial charge on any atom is 0.311 e. The molecule has 0 aliphatic rings. The van der Waals surface area contributed by atoms with E-state index in [0.717, 1.165) is 5.56 Å². The van der Waals surface area contributed by atoms with Gasteiger partial charge in [0.05, 0.1) is 7.11 Å². The van der Waals surface area contributed by atoms with Gasteiger partial charge in [0.15, 0.2) is 5.78 Å². The second kappa shape index (κ2) is 6.02. The SMILES string of the molecule is COc1cccc(-c2ccccc2C(=O)CC(=O)O)c1. The number of hydrogen-bond acceptors (Lipinski definition) is 3. The Hall–Kier alpha value is -2.62. The van der Waals surface area contributed by atoms with E-state index in [1.807, 2.05) is 30.3 Å². The van der Waals surface area contributed by atoms with E-state index in [1.54, 1.807) is 25.3 Å². The molecule has 0 aromatic heterocycles. The van der Waals surface area contributed by atoms with Crippen molar-refractivity contribution in [1.29, 1.82) is 0 Å². The van der Waals surface area contributed by atoms with Crippen molar-refractivity contribution in [1.82, 2.24) is 0 Å². The van der Waals surface area contributed by atoms with Gasteiger partial charge in [-0.15, -0.1) is 0 Å². The third-order valence-electron chi connectivity index (χ3n) is 2.92. The van der Waals surface area contributed by atoms with Gasteiger partial charge in [-0.05, 0) is 23.3 Å². The fourth-order valence-corrected chi connectivity index (χ4v) is 2.00. The molecule has 0 aliphatic heterocycles. The number of ether oxygens (including phenoxy) is 1. The van der Waals surface area contributed by atoms with E-state index in [4.69, 9.17) is 9.84 Å². The zero-order valence-electron chi connectivity index (χ0n) is 11.0. The molecule has 4 heteroatoms. The number of carboxylic acids is 1. The summed E-state index contributed by atoms with van der Waals surface area (Å²) in [5, 5.41) is 8.75. The van der Waals surface area contributed by atoms with E-state index in [-0.39, 0.29) is 0 Å². The van der Waals surface area contributed by atoms with Gasteiger partial charge in [-0.1, -0.05) is 36.4 Å². The molecule has 0 fully saturated rings. The summed E-state index contributed by atoms with van der Waals surface area (Å²) in [5.74, 6) is -0.852. The first-order valence-corrected chi connectivity index (χ1v) is 6.10. The summed E-state index contributed by atoms with van der Waals surface area (Å²) in [6.45, 7) is 0. The minimum absolute atomic E-state index is 0.406. The normalized spacial score (nSPS) is 10.1. The number of Topliss-reactive ketones (excluding diaryl/α,β-unsaturated/α-hetero) is 1. The number of methoxy groups -OCH3 is 1. The molecule has 0 unspecified atom stereocenters. The molecule has 2 aromatic rings. The predicted molar refractivity (Wildman–Crippen MR) is 75.0 cm³/mol. The number of aliphatic carboxylic acids is 1. The number of carbonyl (C=O) groups is 2. The van der Waals surface area contributed by atoms with Crippen LogP contribution in [-0.4, -0.2) is 24.0 Å². The van der Waals surface area contributed by atoms with Crippen LogP contribution < -0.4 is 4.74 Å². The second-order valence-electron chi connectivity index (χ2n) is 4.27. The number of carbonyl (C=O) groups excluding carboxylic acids is 1. The van der Waals surface area contributed by atoms with E-state index in [0.29, 0.717) is 16.9 Å². The Labute approximate surface area is 116 Å². The van der Waals surface area contributed by atoms with Crippen LogP contribution >= 0.6 is 0 Å². The van der Waals surface area contributed by atoms with Crippen LogP contribution in [0.1, 0.15) is 16.8 Å². The third-order valence-corrected chi connectivity index (χ3v) is 2.92. The lowest BCUT2D eigenvalue weighted by Crippen LogP contribution is -2.08. The van der Waals surface area contributed by atoms with Crippen molar-refractivity contribution >= 4 is 11.8 Å². The van der Waals surface area contributed by atoms with Crippen molar-refractivity contribution in [3.63, 3.8) is 0 Å². The van der Waals surface area contributed by atoms with Crippen LogP contribution in [0.5, 0.6) is 5.75 Å². The monoisotopic (exact) mass is 270 g/mol. The van der Waals surface area contributed by atoms with Crippen LogP contribution in [0.25, 0.3) is 11.1 Å². The molecule has 102 valence electrons. The van der Waals surface area contributed by atoms with Crippen molar-refractivity contribution in [3.05, 3.63) is 54.1 Å². The van der Waals surface area contributed by atoms with Gasteiger partial charge in [0.2, 0.25) is 0 Å². The second-order valence-corrected chi connectivity index (χ2v) is 4.27. The average Bonchev–Trinajstić information content (AvgIpc) is 2.46. The van der Waals surface area contributed by atoms with Crippen molar-refractivity contribution < 1.29 is 19.4 Å². The first-order chi connectivity index (χ1) is 9.61. The van der Waals surface area contributed by atoms with Crippen molar-refractivity contribution in [2.45, 2.75) is 6.42 Å². The molecule has 0 bridgehead atoms. The summed E-state index contributed by atoms with van der Waals surface area (Å²) in [7, 11) is 1.57. The highest BCUT2D eigenvalue weighted by molar-refractivity contribution is 6.09. The molecule has 0 spiro atoms. The maximum atomic E-state index is 12.0. The summed E-state index contributed by atoms with van der Waals surface area (Å²) in [6, 6.07) is 14.3. The van der Waals surface area contributed by atoms with Crippen molar-refractivity contribution in [2.24, 2.45) is 0 Å². The summed E-state index contributed by atoms with van der Waals surface area (Å²) >= 11 is 0. The number of benzene rings is 2. The standard InChI is InChI=1S/C16H14O4/c1-20-12-6-4-5-11(9-12)13-7-2-3-8-14(13)15(17)10-16(18)19/h2-9H,10H2,1H3,(H,18,19). The number of ketones is 1. The van der Waals surface area contributed by atoms with E-state index < -0.39 is 18.2 Å². The number of hydrogen-bond donors (Lipinski definition) is 1. The molecule has 2 aromatic carbocycles. The van der Waals surface area contributed by atoms with Crippen LogP contribution in [-0.2, 0) is 4.79 Å². The summed E-state index contributed by atoms with van der Waals surface area (Å²) in [4.78, 5) is 22.7. The Balaban J connectivity index is 2.46. The largest absolute Gasteiger partial charge is 0.497 e. The Bertz CT molecular complexity index is 646. The molecule has 0 radical (unpaired) electrons. The fraction of sp³-hybridized carbons (Fsp3) is 0.125. The van der Waals surface area contributed by atoms with E-state index in [2.05, 4.69) is 0 Å². The summed E-state index contributed by atoms with van der Waals surface area (Å²) in [5.41, 5.74) is 1.93. The molecule has 0 amide bonds. The fourth-order valence-electron chi connectivity index (χ4n) is 2.00. The average molecular weight is 270 g/mol. The van der Waals surface area contributed by atoms with Gasteiger partial charge in [0.25, 0.3) is 0 Å². The van der Waals surface area contributed by atoms with Crippen molar-refractivity contribution in [3.8, 4) is 16.9 Å². The minimum Gasteiger partial charge on any atom is -0.497 e. The summed E-state index contributed by atoms with van der Waals surface area (Å²) < 4.78 is 5.16. The van der Waals surface area contributed by atoms with E-state index >= 15 is 0 Å². The van der Waals surface area contributed by atoms with Crippen LogP contribution in [0.4, 0.5) is 0 Å². The quantitative estimate of drug-likeness (QED) is 0.670. The Morgan fingerprint density at radius 3 is 2.55 bits per heavy atom. The lowest BCUT2D eigenvalue weighted by molar-refractivity contribution is -0.135. The molecular weight excluding hydrogens is 256 g/mol. The molecule has 0 saturated carbocycles. The van der Waals surface area contributed by atoms with Crippen molar-refractivity contribution in [2.75, 3.05) is 7.11 Å². The molecule has 0 saturated heterocycles. The van der Waals surface area contributed by atoms with Crippen LogP contribution in [0, 0.1) is 0 Å². The smallest absolute Gasteiger partial charge is 0.311 e. The van der Waals surface area contributed by atoms with Gasteiger partial charge in [0, 0.05) is 5.56 Å². The van der Waals surface area contributed by atoms with E-state index in [9.17, 15) is 9.59 Å². The van der Waals surface area contributed by atoms with Crippen LogP contribution in [0.2, 0.25) is 0 Å². The zero-order chi connectivity index (χ0) is 14.5. The molecule has 0 aliphatic carbocycles. The van der Waals surface area contributed by atoms with E-state index in [1.165, 1.54) is 0 Å². The van der Waals surface area contributed by atoms with Gasteiger partial charge >= 0.3 is 5.97 Å². The molecule has 4 nitrogen and oxygen atoms in total. The Morgan fingerprint density at radius 2 is 1.85 bits per heavy atom. The number of rotatable bonds is 5. The van der Waals surface area contributed by atoms with Gasteiger partial charge in [0.1, 0.15) is 12.2 Å². The van der Waals surface area contributed by atoms with Crippen LogP contribution in [0.15, 0.2) is 48.5 Å². The molecule has 20 heavy (non-hydrogen) atoms. The molecule has 2 rings (SSSR count). The molecular formula is C16H14O4. The lowest BCUT2D eigenvalue weighted by Gasteiger charge is -2.09. The van der Waals surface area contributed by atoms with Gasteiger partial charge < -0.3 is 9.84 Å². The molecule has 1 N–H and O–H groups in total. The van der Waals surface area contributed by atoms with Gasteiger partial charge in [-0.3, -0.25) is 9.59 Å². The zero-order valence-corrected chi connectivity index (χ0v) is 11.0. The third kappa shape index (κ3) is 3.03. The first-order valence-electron chi connectivity index (χ1n) is 6.10. The lowest BCUT2D eigenvalue weighted by atomic mass is 9.96. The first kappa shape index (κ1) is 13.8. The Morgan fingerprint density at radius 1 is 1.10 bits per heavy atom. The molecule has 0 atom stereocenters. The van der Waals surface area contributed by atoms with Gasteiger partial charge in [-0.25, -0.2) is 0 Å². The predicted octanol–water partition coefficient (Wildman–Crippen LogP) is 3.02. The highest BCUT2D eigenvalue weighted by atomic mass is 16.5. The minimum atomic E-state index is -1.13. The maximum absolute atomic E-state index is 12.0. The molecule has 0 heterocycles. The van der Waals surface area contributed by atoms with Gasteiger partial charge in [-0.2, -0.15) is 0 Å². The number of carboxylic acid groups (broad SMARTS) is 1. The topological polar surface area (TPSA) is 63.6 Å².